The number of likely N-dealkylation sites (N-methyl/N-ethyl adjacent to an activating group) is 1. The first-order valence-electron chi connectivity index (χ1n) is 3.91. The van der Waals surface area contributed by atoms with Crippen LogP contribution in [0.3, 0.4) is 0 Å². The fraction of sp³-hybridized carbons (Fsp3) is 0.333. The average Bonchev–Trinajstić information content (AvgIpc) is 2.46. The van der Waals surface area contributed by atoms with Gasteiger partial charge in [0.15, 0.2) is 0 Å². The number of rotatable bonds is 1. The predicted octanol–water partition coefficient (Wildman–Crippen LogP) is 1.90. The average molecular weight is 204 g/mol. The molecule has 2 rings (SSSR count). The van der Waals surface area contributed by atoms with E-state index in [4.69, 9.17) is 4.74 Å². The van der Waals surface area contributed by atoms with Gasteiger partial charge in [-0.25, -0.2) is 4.39 Å². The molecular weight excluding hydrogens is 193 g/mol. The molecule has 72 valence electrons. The van der Waals surface area contributed by atoms with E-state index in [2.05, 4.69) is 5.32 Å². The standard InChI is InChI=1S/C9H10FNO.ClH/c1-11-8-5-12-9-4-6(10)2-3-7(8)9;/h2-4,8,11H,5H2,1H3;1H. The molecule has 0 saturated carbocycles. The van der Waals surface area contributed by atoms with Crippen molar-refractivity contribution >= 4 is 12.4 Å². The molecule has 1 aliphatic rings. The van der Waals surface area contributed by atoms with Gasteiger partial charge < -0.3 is 10.1 Å². The molecule has 1 aliphatic heterocycles. The molecule has 0 bridgehead atoms. The van der Waals surface area contributed by atoms with Crippen LogP contribution in [-0.2, 0) is 0 Å². The van der Waals surface area contributed by atoms with Crippen LogP contribution in [0.2, 0.25) is 0 Å². The van der Waals surface area contributed by atoms with Gasteiger partial charge in [0.1, 0.15) is 18.2 Å². The fourth-order valence-electron chi connectivity index (χ4n) is 1.42. The maximum atomic E-state index is 12.7. The summed E-state index contributed by atoms with van der Waals surface area (Å²) in [5.41, 5.74) is 1.04. The highest BCUT2D eigenvalue weighted by Crippen LogP contribution is 2.32. The second kappa shape index (κ2) is 3.94. The van der Waals surface area contributed by atoms with Crippen LogP contribution in [0.15, 0.2) is 18.2 Å². The van der Waals surface area contributed by atoms with Gasteiger partial charge in [0.25, 0.3) is 0 Å². The normalized spacial score (nSPS) is 18.8. The molecule has 0 amide bonds. The van der Waals surface area contributed by atoms with E-state index in [1.165, 1.54) is 12.1 Å². The lowest BCUT2D eigenvalue weighted by Crippen LogP contribution is -2.17. The molecule has 1 heterocycles. The number of halogens is 2. The summed E-state index contributed by atoms with van der Waals surface area (Å²) in [6, 6.07) is 4.85. The van der Waals surface area contributed by atoms with Gasteiger partial charge in [-0.1, -0.05) is 6.07 Å². The van der Waals surface area contributed by atoms with E-state index in [1.807, 2.05) is 7.05 Å². The van der Waals surface area contributed by atoms with Crippen LogP contribution >= 0.6 is 12.4 Å². The zero-order valence-corrected chi connectivity index (χ0v) is 8.03. The molecule has 1 N–H and O–H groups in total. The second-order valence-electron chi connectivity index (χ2n) is 2.83. The van der Waals surface area contributed by atoms with Crippen molar-refractivity contribution in [3.05, 3.63) is 29.6 Å². The summed E-state index contributed by atoms with van der Waals surface area (Å²) >= 11 is 0. The van der Waals surface area contributed by atoms with E-state index in [0.717, 1.165) is 5.56 Å². The summed E-state index contributed by atoms with van der Waals surface area (Å²) in [6.45, 7) is 0.593. The molecule has 0 aromatic heterocycles. The molecule has 1 aromatic carbocycles. The SMILES string of the molecule is CNC1COc2cc(F)ccc21.Cl. The first kappa shape index (κ1) is 10.3. The van der Waals surface area contributed by atoms with Gasteiger partial charge in [0.2, 0.25) is 0 Å². The van der Waals surface area contributed by atoms with Crippen molar-refractivity contribution in [2.45, 2.75) is 6.04 Å². The smallest absolute Gasteiger partial charge is 0.127 e. The van der Waals surface area contributed by atoms with Crippen LogP contribution in [0.1, 0.15) is 11.6 Å². The van der Waals surface area contributed by atoms with E-state index in [0.29, 0.717) is 12.4 Å². The fourth-order valence-corrected chi connectivity index (χ4v) is 1.42. The van der Waals surface area contributed by atoms with Crippen molar-refractivity contribution in [1.82, 2.24) is 5.32 Å². The molecular formula is C9H11ClFNO. The van der Waals surface area contributed by atoms with Crippen molar-refractivity contribution in [3.63, 3.8) is 0 Å². The second-order valence-corrected chi connectivity index (χ2v) is 2.83. The van der Waals surface area contributed by atoms with Gasteiger partial charge in [-0.3, -0.25) is 0 Å². The lowest BCUT2D eigenvalue weighted by molar-refractivity contribution is 0.317. The first-order chi connectivity index (χ1) is 5.81. The Morgan fingerprint density at radius 1 is 1.54 bits per heavy atom. The van der Waals surface area contributed by atoms with Crippen molar-refractivity contribution in [2.75, 3.05) is 13.7 Å². The Hall–Kier alpha value is -0.800. The minimum atomic E-state index is -0.245. The van der Waals surface area contributed by atoms with Gasteiger partial charge in [0, 0.05) is 11.6 Å². The highest BCUT2D eigenvalue weighted by Gasteiger charge is 2.22. The summed E-state index contributed by atoms with van der Waals surface area (Å²) in [4.78, 5) is 0. The van der Waals surface area contributed by atoms with Gasteiger partial charge >= 0.3 is 0 Å². The minimum Gasteiger partial charge on any atom is -0.491 e. The molecule has 0 spiro atoms. The molecule has 13 heavy (non-hydrogen) atoms. The quantitative estimate of drug-likeness (QED) is 0.753. The zero-order valence-electron chi connectivity index (χ0n) is 7.21. The number of hydrogen-bond donors (Lipinski definition) is 1. The molecule has 0 aliphatic carbocycles. The van der Waals surface area contributed by atoms with E-state index in [1.54, 1.807) is 6.07 Å². The highest BCUT2D eigenvalue weighted by atomic mass is 35.5. The van der Waals surface area contributed by atoms with Crippen LogP contribution in [-0.4, -0.2) is 13.7 Å². The molecule has 0 fully saturated rings. The van der Waals surface area contributed by atoms with Crippen LogP contribution in [0.4, 0.5) is 4.39 Å². The molecule has 0 radical (unpaired) electrons. The molecule has 1 atom stereocenters. The van der Waals surface area contributed by atoms with Crippen molar-refractivity contribution in [3.8, 4) is 5.75 Å². The van der Waals surface area contributed by atoms with E-state index < -0.39 is 0 Å². The van der Waals surface area contributed by atoms with E-state index in [-0.39, 0.29) is 24.3 Å². The Kier molecular flexibility index (Phi) is 3.12. The summed E-state index contributed by atoms with van der Waals surface area (Å²) in [6.07, 6.45) is 0. The van der Waals surface area contributed by atoms with Gasteiger partial charge in [-0.2, -0.15) is 0 Å². The molecule has 1 aromatic rings. The summed E-state index contributed by atoms with van der Waals surface area (Å²) in [5.74, 6) is 0.417. The van der Waals surface area contributed by atoms with Gasteiger partial charge in [-0.15, -0.1) is 12.4 Å². The lowest BCUT2D eigenvalue weighted by atomic mass is 10.1. The van der Waals surface area contributed by atoms with E-state index in [9.17, 15) is 4.39 Å². The van der Waals surface area contributed by atoms with Gasteiger partial charge in [0.05, 0.1) is 6.04 Å². The third kappa shape index (κ3) is 1.76. The molecule has 0 saturated heterocycles. The Balaban J connectivity index is 0.000000845. The van der Waals surface area contributed by atoms with Crippen LogP contribution < -0.4 is 10.1 Å². The third-order valence-corrected chi connectivity index (χ3v) is 2.10. The molecule has 1 unspecified atom stereocenters. The predicted molar refractivity (Wildman–Crippen MR) is 50.9 cm³/mol. The van der Waals surface area contributed by atoms with Crippen molar-refractivity contribution in [1.29, 1.82) is 0 Å². The number of benzene rings is 1. The maximum Gasteiger partial charge on any atom is 0.127 e. The molecule has 4 heteroatoms. The van der Waals surface area contributed by atoms with Crippen molar-refractivity contribution < 1.29 is 9.13 Å². The van der Waals surface area contributed by atoms with Gasteiger partial charge in [-0.05, 0) is 13.1 Å². The van der Waals surface area contributed by atoms with Crippen LogP contribution in [0.5, 0.6) is 5.75 Å². The Bertz CT molecular complexity index is 306. The minimum absolute atomic E-state index is 0. The largest absolute Gasteiger partial charge is 0.491 e. The monoisotopic (exact) mass is 203 g/mol. The topological polar surface area (TPSA) is 21.3 Å². The van der Waals surface area contributed by atoms with Crippen LogP contribution in [0.25, 0.3) is 0 Å². The summed E-state index contributed by atoms with van der Waals surface area (Å²) in [5, 5.41) is 3.09. The summed E-state index contributed by atoms with van der Waals surface area (Å²) in [7, 11) is 1.87. The number of fused-ring (bicyclic) bond motifs is 1. The van der Waals surface area contributed by atoms with E-state index >= 15 is 0 Å². The van der Waals surface area contributed by atoms with Crippen LogP contribution in [0, 0.1) is 5.82 Å². The zero-order chi connectivity index (χ0) is 8.55. The number of nitrogens with one attached hydrogen (secondary N) is 1. The first-order valence-corrected chi connectivity index (χ1v) is 3.91. The number of ether oxygens (including phenoxy) is 1. The summed E-state index contributed by atoms with van der Waals surface area (Å²) < 4.78 is 18.0. The number of hydrogen-bond acceptors (Lipinski definition) is 2. The maximum absolute atomic E-state index is 12.7. The lowest BCUT2D eigenvalue weighted by Gasteiger charge is -2.04. The Morgan fingerprint density at radius 2 is 2.31 bits per heavy atom. The molecule has 2 nitrogen and oxygen atoms in total. The Morgan fingerprint density at radius 3 is 3.00 bits per heavy atom. The third-order valence-electron chi connectivity index (χ3n) is 2.10. The van der Waals surface area contributed by atoms with Crippen molar-refractivity contribution in [2.24, 2.45) is 0 Å². The highest BCUT2D eigenvalue weighted by molar-refractivity contribution is 5.85. The Labute approximate surface area is 82.5 Å².